The number of hydrogen-bond donors (Lipinski definition) is 1. The van der Waals surface area contributed by atoms with Gasteiger partial charge in [-0.05, 0) is 17.9 Å². The maximum atomic E-state index is 13.2. The molecule has 1 saturated heterocycles. The zero-order valence-corrected chi connectivity index (χ0v) is 14.3. The van der Waals surface area contributed by atoms with Gasteiger partial charge in [-0.2, -0.15) is 13.2 Å². The third-order valence-corrected chi connectivity index (χ3v) is 4.04. The van der Waals surface area contributed by atoms with Crippen molar-refractivity contribution in [2.45, 2.75) is 38.6 Å². The Balaban J connectivity index is 2.14. The number of carbonyl (C=O) groups excluding carboxylic acids is 2. The molecular formula is C17H20F3NO5. The van der Waals surface area contributed by atoms with Crippen LogP contribution in [0.2, 0.25) is 0 Å². The zero-order valence-electron chi connectivity index (χ0n) is 14.3. The Hall–Kier alpha value is -2.29. The summed E-state index contributed by atoms with van der Waals surface area (Å²) in [7, 11) is 0. The maximum absolute atomic E-state index is 13.2. The highest BCUT2D eigenvalue weighted by molar-refractivity contribution is 5.77. The van der Waals surface area contributed by atoms with Gasteiger partial charge in [-0.1, -0.05) is 44.2 Å². The number of amides is 1. The van der Waals surface area contributed by atoms with Crippen molar-refractivity contribution < 1.29 is 37.4 Å². The van der Waals surface area contributed by atoms with E-state index < -0.39 is 42.2 Å². The van der Waals surface area contributed by atoms with Crippen molar-refractivity contribution in [1.82, 2.24) is 5.06 Å². The zero-order chi connectivity index (χ0) is 19.5. The van der Waals surface area contributed by atoms with Crippen LogP contribution in [0.4, 0.5) is 18.0 Å². The summed E-state index contributed by atoms with van der Waals surface area (Å²) in [6.07, 6.45) is -7.81. The topological polar surface area (TPSA) is 76.1 Å². The normalized spacial score (nSPS) is 20.0. The second-order valence-electron chi connectivity index (χ2n) is 6.41. The number of benzene rings is 1. The number of cyclic esters (lactones) is 1. The van der Waals surface area contributed by atoms with Gasteiger partial charge in [0.2, 0.25) is 0 Å². The van der Waals surface area contributed by atoms with Crippen molar-refractivity contribution in [3.8, 4) is 0 Å². The smallest absolute Gasteiger partial charge is 0.443 e. The van der Waals surface area contributed by atoms with E-state index in [1.165, 1.54) is 13.8 Å². The van der Waals surface area contributed by atoms with Crippen LogP contribution in [-0.4, -0.2) is 47.2 Å². The first kappa shape index (κ1) is 20.0. The number of rotatable bonds is 6. The van der Waals surface area contributed by atoms with Crippen molar-refractivity contribution in [2.75, 3.05) is 6.61 Å². The third-order valence-electron chi connectivity index (χ3n) is 4.04. The molecule has 1 aromatic rings. The minimum Gasteiger partial charge on any atom is -0.445 e. The van der Waals surface area contributed by atoms with E-state index in [2.05, 4.69) is 0 Å². The minimum absolute atomic E-state index is 0.121. The summed E-state index contributed by atoms with van der Waals surface area (Å²) in [5.41, 5.74) is 0.798. The van der Waals surface area contributed by atoms with Gasteiger partial charge in [0, 0.05) is 0 Å². The highest BCUT2D eigenvalue weighted by atomic mass is 19.4. The number of alkyl halides is 3. The lowest BCUT2D eigenvalue weighted by Gasteiger charge is -2.28. The SMILES string of the molecule is CC(C)[C@H](O)[C@H](C(=O)ON1C(=O)OC[C@@H]1Cc1ccccc1)C(F)(F)F. The molecule has 2 rings (SSSR count). The molecule has 1 heterocycles. The highest BCUT2D eigenvalue weighted by Gasteiger charge is 2.53. The number of nitrogens with zero attached hydrogens (tertiary/aromatic N) is 1. The molecule has 1 fully saturated rings. The second-order valence-corrected chi connectivity index (χ2v) is 6.41. The first-order chi connectivity index (χ1) is 12.1. The quantitative estimate of drug-likeness (QED) is 0.827. The third kappa shape index (κ3) is 4.66. The molecule has 1 aliphatic rings. The molecular weight excluding hydrogens is 355 g/mol. The lowest BCUT2D eigenvalue weighted by molar-refractivity contribution is -0.237. The predicted molar refractivity (Wildman–Crippen MR) is 83.6 cm³/mol. The van der Waals surface area contributed by atoms with Crippen molar-refractivity contribution in [3.05, 3.63) is 35.9 Å². The molecule has 6 nitrogen and oxygen atoms in total. The maximum Gasteiger partial charge on any atom is 0.443 e. The number of halogens is 3. The van der Waals surface area contributed by atoms with E-state index in [-0.39, 0.29) is 13.0 Å². The first-order valence-corrected chi connectivity index (χ1v) is 8.07. The summed E-state index contributed by atoms with van der Waals surface area (Å²) in [5, 5.41) is 10.3. The van der Waals surface area contributed by atoms with Crippen LogP contribution in [0.1, 0.15) is 19.4 Å². The van der Waals surface area contributed by atoms with E-state index in [9.17, 15) is 27.9 Å². The van der Waals surface area contributed by atoms with E-state index in [4.69, 9.17) is 9.57 Å². The van der Waals surface area contributed by atoms with Crippen LogP contribution < -0.4 is 0 Å². The molecule has 1 aliphatic heterocycles. The van der Waals surface area contributed by atoms with Gasteiger partial charge in [0.15, 0.2) is 5.92 Å². The van der Waals surface area contributed by atoms with Crippen LogP contribution in [0, 0.1) is 11.8 Å². The fraction of sp³-hybridized carbons (Fsp3) is 0.529. The summed E-state index contributed by atoms with van der Waals surface area (Å²) >= 11 is 0. The van der Waals surface area contributed by atoms with Gasteiger partial charge in [-0.25, -0.2) is 9.59 Å². The Bertz CT molecular complexity index is 635. The molecule has 144 valence electrons. The van der Waals surface area contributed by atoms with Crippen LogP contribution in [0.15, 0.2) is 30.3 Å². The molecule has 26 heavy (non-hydrogen) atoms. The summed E-state index contributed by atoms with van der Waals surface area (Å²) in [6, 6.07) is 8.11. The molecule has 3 atom stereocenters. The van der Waals surface area contributed by atoms with Gasteiger partial charge in [0.1, 0.15) is 12.6 Å². The molecule has 0 aliphatic carbocycles. The van der Waals surface area contributed by atoms with Gasteiger partial charge < -0.3 is 14.7 Å². The molecule has 1 amide bonds. The van der Waals surface area contributed by atoms with Crippen LogP contribution in [0.3, 0.4) is 0 Å². The predicted octanol–water partition coefficient (Wildman–Crippen LogP) is 2.70. The molecule has 9 heteroatoms. The van der Waals surface area contributed by atoms with Crippen LogP contribution in [-0.2, 0) is 20.8 Å². The van der Waals surface area contributed by atoms with E-state index in [1.807, 2.05) is 0 Å². The van der Waals surface area contributed by atoms with Crippen molar-refractivity contribution in [1.29, 1.82) is 0 Å². The van der Waals surface area contributed by atoms with E-state index >= 15 is 0 Å². The van der Waals surface area contributed by atoms with Crippen molar-refractivity contribution >= 4 is 12.1 Å². The fourth-order valence-electron chi connectivity index (χ4n) is 2.59. The van der Waals surface area contributed by atoms with Crippen LogP contribution >= 0.6 is 0 Å². The average Bonchev–Trinajstić information content (AvgIpc) is 2.87. The van der Waals surface area contributed by atoms with Gasteiger partial charge in [0.05, 0.1) is 6.10 Å². The Morgan fingerprint density at radius 1 is 1.35 bits per heavy atom. The Kier molecular flexibility index (Phi) is 6.12. The standard InChI is InChI=1S/C17H20F3NO5/c1-10(2)14(22)13(17(18,19)20)15(23)26-21-12(9-25-16(21)24)8-11-6-4-3-5-7-11/h3-7,10,12-14,22H,8-9H2,1-2H3/t12-,13+,14-/m0/s1. The number of hydrogen-bond acceptors (Lipinski definition) is 5. The Morgan fingerprint density at radius 3 is 2.50 bits per heavy atom. The monoisotopic (exact) mass is 375 g/mol. The molecule has 1 N–H and O–H groups in total. The molecule has 0 spiro atoms. The van der Waals surface area contributed by atoms with Gasteiger partial charge >= 0.3 is 18.2 Å². The molecule has 0 radical (unpaired) electrons. The summed E-state index contributed by atoms with van der Waals surface area (Å²) < 4.78 is 44.4. The highest BCUT2D eigenvalue weighted by Crippen LogP contribution is 2.33. The molecule has 0 saturated carbocycles. The minimum atomic E-state index is -5.01. The van der Waals surface area contributed by atoms with Crippen LogP contribution in [0.25, 0.3) is 0 Å². The first-order valence-electron chi connectivity index (χ1n) is 8.07. The number of ether oxygens (including phenoxy) is 1. The van der Waals surface area contributed by atoms with E-state index in [1.54, 1.807) is 30.3 Å². The molecule has 0 aromatic heterocycles. The average molecular weight is 375 g/mol. The molecule has 0 unspecified atom stereocenters. The van der Waals surface area contributed by atoms with E-state index in [0.717, 1.165) is 5.56 Å². The van der Waals surface area contributed by atoms with Gasteiger partial charge in [-0.15, -0.1) is 5.06 Å². The van der Waals surface area contributed by atoms with Gasteiger partial charge in [-0.3, -0.25) is 0 Å². The lowest BCUT2D eigenvalue weighted by Crippen LogP contribution is -2.47. The number of carbonyl (C=O) groups is 2. The Labute approximate surface area is 148 Å². The lowest BCUT2D eigenvalue weighted by atomic mass is 9.93. The number of aliphatic hydroxyl groups is 1. The fourth-order valence-corrected chi connectivity index (χ4v) is 2.59. The summed E-state index contributed by atoms with van der Waals surface area (Å²) in [6.45, 7) is 2.57. The second kappa shape index (κ2) is 7.94. The molecule has 1 aromatic carbocycles. The van der Waals surface area contributed by atoms with Gasteiger partial charge in [0.25, 0.3) is 0 Å². The molecule has 0 bridgehead atoms. The van der Waals surface area contributed by atoms with Crippen molar-refractivity contribution in [2.24, 2.45) is 11.8 Å². The number of hydroxylamine groups is 2. The van der Waals surface area contributed by atoms with Crippen LogP contribution in [0.5, 0.6) is 0 Å². The summed E-state index contributed by atoms with van der Waals surface area (Å²) in [5.74, 6) is -5.33. The van der Waals surface area contributed by atoms with E-state index in [0.29, 0.717) is 5.06 Å². The van der Waals surface area contributed by atoms with Crippen molar-refractivity contribution in [3.63, 3.8) is 0 Å². The largest absolute Gasteiger partial charge is 0.445 e. The number of aliphatic hydroxyl groups excluding tert-OH is 1. The Morgan fingerprint density at radius 2 is 1.96 bits per heavy atom. The summed E-state index contributed by atoms with van der Waals surface area (Å²) in [4.78, 5) is 28.6.